The lowest BCUT2D eigenvalue weighted by Gasteiger charge is -2.21. The van der Waals surface area contributed by atoms with Gasteiger partial charge in [0.2, 0.25) is 5.91 Å². The number of aliphatic hydroxyl groups is 1. The zero-order valence-electron chi connectivity index (χ0n) is 17.5. The molecule has 0 radical (unpaired) electrons. The maximum absolute atomic E-state index is 12.6. The Balaban J connectivity index is 1.69. The number of carbonyl (C=O) groups is 1. The van der Waals surface area contributed by atoms with Crippen molar-refractivity contribution in [2.45, 2.75) is 38.7 Å². The van der Waals surface area contributed by atoms with E-state index in [9.17, 15) is 9.90 Å². The molecule has 1 aliphatic rings. The minimum Gasteiger partial charge on any atom is -0.390 e. The predicted molar refractivity (Wildman–Crippen MR) is 114 cm³/mol. The Morgan fingerprint density at radius 1 is 1.33 bits per heavy atom. The quantitative estimate of drug-likeness (QED) is 0.587. The van der Waals surface area contributed by atoms with Gasteiger partial charge in [0.05, 0.1) is 29.2 Å². The molecule has 3 N–H and O–H groups in total. The van der Waals surface area contributed by atoms with Crippen LogP contribution in [-0.4, -0.2) is 54.7 Å². The van der Waals surface area contributed by atoms with Gasteiger partial charge in [-0.15, -0.1) is 5.10 Å². The average Bonchev–Trinajstić information content (AvgIpc) is 3.13. The van der Waals surface area contributed by atoms with Gasteiger partial charge in [-0.2, -0.15) is 0 Å². The molecule has 0 spiro atoms. The fraction of sp³-hybridized carbons (Fsp3) is 0.476. The summed E-state index contributed by atoms with van der Waals surface area (Å²) in [4.78, 5) is 21.7. The summed E-state index contributed by atoms with van der Waals surface area (Å²) in [7, 11) is 1.80. The largest absolute Gasteiger partial charge is 0.390 e. The van der Waals surface area contributed by atoms with E-state index in [1.54, 1.807) is 31.8 Å². The van der Waals surface area contributed by atoms with Gasteiger partial charge in [-0.1, -0.05) is 5.21 Å². The zero-order chi connectivity index (χ0) is 21.3. The molecule has 1 amide bonds. The van der Waals surface area contributed by atoms with Crippen LogP contribution in [0.3, 0.4) is 0 Å². The third-order valence-corrected chi connectivity index (χ3v) is 5.22. The molecule has 9 heteroatoms. The van der Waals surface area contributed by atoms with Crippen LogP contribution in [-0.2, 0) is 18.3 Å². The van der Waals surface area contributed by atoms with Crippen molar-refractivity contribution in [3.05, 3.63) is 30.2 Å². The number of hydrogen-bond acceptors (Lipinski definition) is 7. The number of fused-ring (bicyclic) bond motifs is 1. The molecule has 4 rings (SSSR count). The SMILES string of the molecule is Cn1cc(-c2cc3cc(NC(=O)C4CCNCC4)ncc3nc2CC(C)(C)O)nn1. The number of nitrogens with zero attached hydrogens (tertiary/aromatic N) is 5. The van der Waals surface area contributed by atoms with Crippen molar-refractivity contribution in [2.24, 2.45) is 13.0 Å². The van der Waals surface area contributed by atoms with Crippen molar-refractivity contribution in [3.63, 3.8) is 0 Å². The summed E-state index contributed by atoms with van der Waals surface area (Å²) in [5.41, 5.74) is 1.99. The second-order valence-corrected chi connectivity index (χ2v) is 8.53. The van der Waals surface area contributed by atoms with Gasteiger partial charge < -0.3 is 15.7 Å². The number of carbonyl (C=O) groups excluding carboxylic acids is 1. The Labute approximate surface area is 174 Å². The van der Waals surface area contributed by atoms with Gasteiger partial charge in [-0.3, -0.25) is 14.5 Å². The van der Waals surface area contributed by atoms with Gasteiger partial charge in [0.1, 0.15) is 11.5 Å². The minimum absolute atomic E-state index is 0.00380. The molecule has 158 valence electrons. The third-order valence-electron chi connectivity index (χ3n) is 5.22. The van der Waals surface area contributed by atoms with E-state index in [2.05, 4.69) is 25.9 Å². The van der Waals surface area contributed by atoms with Crippen LogP contribution in [0.2, 0.25) is 0 Å². The molecule has 3 aromatic rings. The second-order valence-electron chi connectivity index (χ2n) is 8.53. The van der Waals surface area contributed by atoms with E-state index < -0.39 is 5.60 Å². The lowest BCUT2D eigenvalue weighted by molar-refractivity contribution is -0.120. The molecule has 0 saturated carbocycles. The molecule has 0 bridgehead atoms. The lowest BCUT2D eigenvalue weighted by Crippen LogP contribution is -2.34. The van der Waals surface area contributed by atoms with E-state index in [1.807, 2.05) is 18.3 Å². The molecule has 4 heterocycles. The molecule has 1 fully saturated rings. The van der Waals surface area contributed by atoms with Crippen LogP contribution in [0, 0.1) is 5.92 Å². The smallest absolute Gasteiger partial charge is 0.228 e. The first-order chi connectivity index (χ1) is 14.3. The van der Waals surface area contributed by atoms with Crippen molar-refractivity contribution in [1.82, 2.24) is 30.3 Å². The molecule has 0 atom stereocenters. The van der Waals surface area contributed by atoms with Crippen LogP contribution in [0.15, 0.2) is 24.5 Å². The van der Waals surface area contributed by atoms with E-state index >= 15 is 0 Å². The fourth-order valence-electron chi connectivity index (χ4n) is 3.73. The number of aromatic nitrogens is 5. The summed E-state index contributed by atoms with van der Waals surface area (Å²) in [5.74, 6) is 0.517. The Morgan fingerprint density at radius 2 is 2.10 bits per heavy atom. The van der Waals surface area contributed by atoms with Gasteiger partial charge >= 0.3 is 0 Å². The van der Waals surface area contributed by atoms with Gasteiger partial charge in [0, 0.05) is 30.3 Å². The van der Waals surface area contributed by atoms with E-state index in [-0.39, 0.29) is 11.8 Å². The van der Waals surface area contributed by atoms with Crippen LogP contribution in [0.25, 0.3) is 22.2 Å². The lowest BCUT2D eigenvalue weighted by atomic mass is 9.97. The predicted octanol–water partition coefficient (Wildman–Crippen LogP) is 1.68. The molecular weight excluding hydrogens is 382 g/mol. The van der Waals surface area contributed by atoms with E-state index in [1.165, 1.54) is 0 Å². The molecule has 0 aliphatic carbocycles. The van der Waals surface area contributed by atoms with Crippen molar-refractivity contribution < 1.29 is 9.90 Å². The van der Waals surface area contributed by atoms with Crippen molar-refractivity contribution in [2.75, 3.05) is 18.4 Å². The third kappa shape index (κ3) is 4.63. The average molecular weight is 409 g/mol. The summed E-state index contributed by atoms with van der Waals surface area (Å²) in [6, 6.07) is 3.80. The number of nitrogens with one attached hydrogen (secondary N) is 2. The monoisotopic (exact) mass is 409 g/mol. The normalized spacial score (nSPS) is 15.5. The minimum atomic E-state index is -0.923. The summed E-state index contributed by atoms with van der Waals surface area (Å²) in [6.07, 6.45) is 5.50. The van der Waals surface area contributed by atoms with Crippen molar-refractivity contribution >= 4 is 22.6 Å². The number of hydrogen-bond donors (Lipinski definition) is 3. The van der Waals surface area contributed by atoms with Crippen molar-refractivity contribution in [1.29, 1.82) is 0 Å². The summed E-state index contributed by atoms with van der Waals surface area (Å²) >= 11 is 0. The highest BCUT2D eigenvalue weighted by atomic mass is 16.3. The molecule has 1 aliphatic heterocycles. The Bertz CT molecular complexity index is 1060. The van der Waals surface area contributed by atoms with Gasteiger partial charge in [0.15, 0.2) is 0 Å². The van der Waals surface area contributed by atoms with Gasteiger partial charge in [0.25, 0.3) is 0 Å². The molecule has 9 nitrogen and oxygen atoms in total. The Hall–Kier alpha value is -2.91. The highest BCUT2D eigenvalue weighted by Gasteiger charge is 2.22. The standard InChI is InChI=1S/C21H27N7O2/c1-21(2,30)10-16-15(18-12-28(3)27-26-18)8-14-9-19(23-11-17(14)24-16)25-20(29)13-4-6-22-7-5-13/h8-9,11-13,22,30H,4-7,10H2,1-3H3,(H,23,25,29). The molecule has 0 unspecified atom stereocenters. The highest BCUT2D eigenvalue weighted by molar-refractivity contribution is 5.94. The summed E-state index contributed by atoms with van der Waals surface area (Å²) in [6.45, 7) is 5.21. The first kappa shape index (κ1) is 20.4. The first-order valence-corrected chi connectivity index (χ1v) is 10.2. The molecule has 30 heavy (non-hydrogen) atoms. The molecule has 1 saturated heterocycles. The van der Waals surface area contributed by atoms with E-state index in [0.29, 0.717) is 23.4 Å². The maximum atomic E-state index is 12.6. The van der Waals surface area contributed by atoms with Crippen LogP contribution in [0.1, 0.15) is 32.4 Å². The summed E-state index contributed by atoms with van der Waals surface area (Å²) in [5, 5.41) is 25.6. The summed E-state index contributed by atoms with van der Waals surface area (Å²) < 4.78 is 1.63. The number of aryl methyl sites for hydroxylation is 1. The van der Waals surface area contributed by atoms with Crippen LogP contribution in [0.4, 0.5) is 5.82 Å². The number of rotatable bonds is 5. The first-order valence-electron chi connectivity index (χ1n) is 10.2. The van der Waals surface area contributed by atoms with Crippen LogP contribution >= 0.6 is 0 Å². The highest BCUT2D eigenvalue weighted by Crippen LogP contribution is 2.28. The number of anilines is 1. The number of piperidine rings is 1. The van der Waals surface area contributed by atoms with Crippen LogP contribution < -0.4 is 10.6 Å². The van der Waals surface area contributed by atoms with Gasteiger partial charge in [-0.25, -0.2) is 4.98 Å². The number of pyridine rings is 2. The topological polar surface area (TPSA) is 118 Å². The van der Waals surface area contributed by atoms with Gasteiger partial charge in [-0.05, 0) is 51.9 Å². The maximum Gasteiger partial charge on any atom is 0.228 e. The second kappa shape index (κ2) is 8.08. The van der Waals surface area contributed by atoms with E-state index in [4.69, 9.17) is 4.98 Å². The van der Waals surface area contributed by atoms with Crippen LogP contribution in [0.5, 0.6) is 0 Å². The Kier molecular flexibility index (Phi) is 5.48. The molecule has 0 aromatic carbocycles. The zero-order valence-corrected chi connectivity index (χ0v) is 17.5. The fourth-order valence-corrected chi connectivity index (χ4v) is 3.73. The Morgan fingerprint density at radius 3 is 2.77 bits per heavy atom. The molecule has 3 aromatic heterocycles. The molecular formula is C21H27N7O2. The number of amides is 1. The van der Waals surface area contributed by atoms with E-state index in [0.717, 1.165) is 42.6 Å². The van der Waals surface area contributed by atoms with Crippen molar-refractivity contribution in [3.8, 4) is 11.3 Å².